The Morgan fingerprint density at radius 2 is 2.14 bits per heavy atom. The molecule has 0 unspecified atom stereocenters. The number of amides is 1. The topological polar surface area (TPSA) is 64.1 Å². The van der Waals surface area contributed by atoms with Crippen molar-refractivity contribution >= 4 is 5.91 Å². The number of halogens is 2. The molecule has 0 atom stereocenters. The lowest BCUT2D eigenvalue weighted by molar-refractivity contribution is -0.0528. The van der Waals surface area contributed by atoms with Gasteiger partial charge in [0.1, 0.15) is 0 Å². The Morgan fingerprint density at radius 3 is 2.76 bits per heavy atom. The van der Waals surface area contributed by atoms with Crippen LogP contribution in [-0.4, -0.2) is 22.5 Å². The molecule has 2 heterocycles. The van der Waals surface area contributed by atoms with Gasteiger partial charge in [0.05, 0.1) is 5.56 Å². The van der Waals surface area contributed by atoms with Crippen molar-refractivity contribution < 1.29 is 18.3 Å². The first-order valence-corrected chi connectivity index (χ1v) is 6.15. The van der Waals surface area contributed by atoms with E-state index in [2.05, 4.69) is 20.0 Å². The van der Waals surface area contributed by atoms with Crippen LogP contribution in [0, 0.1) is 6.92 Å². The van der Waals surface area contributed by atoms with E-state index in [9.17, 15) is 13.6 Å². The fourth-order valence-electron chi connectivity index (χ4n) is 1.63. The van der Waals surface area contributed by atoms with Crippen LogP contribution in [0.15, 0.2) is 36.8 Å². The molecule has 2 aromatic heterocycles. The van der Waals surface area contributed by atoms with E-state index in [1.165, 1.54) is 18.3 Å². The van der Waals surface area contributed by atoms with Gasteiger partial charge in [0.25, 0.3) is 5.91 Å². The van der Waals surface area contributed by atoms with E-state index in [1.807, 2.05) is 13.0 Å². The van der Waals surface area contributed by atoms with E-state index >= 15 is 0 Å². The smallest absolute Gasteiger partial charge is 0.388 e. The van der Waals surface area contributed by atoms with Gasteiger partial charge in [-0.25, -0.2) is 4.98 Å². The first-order chi connectivity index (χ1) is 10.1. The third-order valence-electron chi connectivity index (χ3n) is 2.80. The maximum atomic E-state index is 12.0. The molecular formula is C14H13F2N3O2. The third kappa shape index (κ3) is 4.20. The van der Waals surface area contributed by atoms with E-state index in [1.54, 1.807) is 12.4 Å². The van der Waals surface area contributed by atoms with Gasteiger partial charge in [-0.2, -0.15) is 8.78 Å². The zero-order chi connectivity index (χ0) is 15.2. The average Bonchev–Trinajstić information content (AvgIpc) is 2.46. The summed E-state index contributed by atoms with van der Waals surface area (Å²) >= 11 is 0. The zero-order valence-electron chi connectivity index (χ0n) is 11.2. The van der Waals surface area contributed by atoms with Crippen molar-refractivity contribution in [1.29, 1.82) is 0 Å². The minimum absolute atomic E-state index is 0.232. The second-order valence-electron chi connectivity index (χ2n) is 4.25. The monoisotopic (exact) mass is 293 g/mol. The molecule has 7 heteroatoms. The minimum Gasteiger partial charge on any atom is -0.417 e. The molecule has 21 heavy (non-hydrogen) atoms. The van der Waals surface area contributed by atoms with Gasteiger partial charge in [-0.1, -0.05) is 0 Å². The number of alkyl halides is 2. The number of hydrogen-bond donors (Lipinski definition) is 1. The summed E-state index contributed by atoms with van der Waals surface area (Å²) in [7, 11) is 0. The minimum atomic E-state index is -2.94. The standard InChI is InChI=1S/C14H13F2N3O2/c1-9-4-5-17-6-11(9)8-19-13(20)10-2-3-12(18-7-10)21-14(15)16/h2-7,14H,8H2,1H3,(H,19,20). The van der Waals surface area contributed by atoms with E-state index in [0.29, 0.717) is 6.54 Å². The van der Waals surface area contributed by atoms with Crippen LogP contribution in [0.5, 0.6) is 5.88 Å². The number of aromatic nitrogens is 2. The summed E-state index contributed by atoms with van der Waals surface area (Å²) in [5.41, 5.74) is 2.18. The van der Waals surface area contributed by atoms with Crippen LogP contribution < -0.4 is 10.1 Å². The van der Waals surface area contributed by atoms with Crippen LogP contribution in [0.3, 0.4) is 0 Å². The summed E-state index contributed by atoms with van der Waals surface area (Å²) in [4.78, 5) is 19.5. The van der Waals surface area contributed by atoms with Gasteiger partial charge in [-0.15, -0.1) is 0 Å². The Morgan fingerprint density at radius 1 is 1.33 bits per heavy atom. The van der Waals surface area contributed by atoms with Crippen LogP contribution in [0.2, 0.25) is 0 Å². The van der Waals surface area contributed by atoms with Gasteiger partial charge in [0.2, 0.25) is 5.88 Å². The predicted molar refractivity (Wildman–Crippen MR) is 71.0 cm³/mol. The van der Waals surface area contributed by atoms with Crippen LogP contribution in [0.1, 0.15) is 21.5 Å². The number of nitrogens with one attached hydrogen (secondary N) is 1. The van der Waals surface area contributed by atoms with Crippen molar-refractivity contribution in [2.24, 2.45) is 0 Å². The largest absolute Gasteiger partial charge is 0.417 e. The summed E-state index contributed by atoms with van der Waals surface area (Å²) in [6.45, 7) is -0.694. The predicted octanol–water partition coefficient (Wildman–Crippen LogP) is 2.32. The summed E-state index contributed by atoms with van der Waals surface area (Å²) in [5.74, 6) is -0.584. The number of ether oxygens (including phenoxy) is 1. The summed E-state index contributed by atoms with van der Waals surface area (Å²) in [5, 5.41) is 2.71. The molecule has 0 aliphatic carbocycles. The molecule has 0 bridgehead atoms. The van der Waals surface area contributed by atoms with Crippen molar-refractivity contribution in [3.8, 4) is 5.88 Å². The van der Waals surface area contributed by atoms with Crippen molar-refractivity contribution in [3.05, 3.63) is 53.5 Å². The number of hydrogen-bond acceptors (Lipinski definition) is 4. The summed E-state index contributed by atoms with van der Waals surface area (Å²) in [6.07, 6.45) is 4.53. The van der Waals surface area contributed by atoms with Crippen LogP contribution in [0.25, 0.3) is 0 Å². The Labute approximate surface area is 120 Å². The van der Waals surface area contributed by atoms with E-state index < -0.39 is 6.61 Å². The van der Waals surface area contributed by atoms with Gasteiger partial charge in [-0.3, -0.25) is 9.78 Å². The maximum absolute atomic E-state index is 12.0. The Kier molecular flexibility index (Phi) is 4.76. The first kappa shape index (κ1) is 14.8. The van der Waals surface area contributed by atoms with E-state index in [4.69, 9.17) is 0 Å². The lowest BCUT2D eigenvalue weighted by Gasteiger charge is -2.08. The highest BCUT2D eigenvalue weighted by atomic mass is 19.3. The normalized spacial score (nSPS) is 10.5. The van der Waals surface area contributed by atoms with Crippen LogP contribution in [0.4, 0.5) is 8.78 Å². The Bertz CT molecular complexity index is 618. The quantitative estimate of drug-likeness (QED) is 0.919. The molecule has 0 saturated carbocycles. The maximum Gasteiger partial charge on any atom is 0.388 e. The number of carbonyl (C=O) groups excluding carboxylic acids is 1. The molecule has 0 aliphatic rings. The van der Waals surface area contributed by atoms with E-state index in [0.717, 1.165) is 11.1 Å². The van der Waals surface area contributed by atoms with Crippen LogP contribution >= 0.6 is 0 Å². The number of pyridine rings is 2. The molecule has 110 valence electrons. The third-order valence-corrected chi connectivity index (χ3v) is 2.80. The van der Waals surface area contributed by atoms with Gasteiger partial charge in [0.15, 0.2) is 0 Å². The highest BCUT2D eigenvalue weighted by Gasteiger charge is 2.09. The fraction of sp³-hybridized carbons (Fsp3) is 0.214. The van der Waals surface area contributed by atoms with Crippen molar-refractivity contribution in [2.75, 3.05) is 0 Å². The summed E-state index contributed by atoms with van der Waals surface area (Å²) < 4.78 is 28.1. The number of rotatable bonds is 5. The van der Waals surface area contributed by atoms with Crippen molar-refractivity contribution in [2.45, 2.75) is 20.1 Å². The van der Waals surface area contributed by atoms with Crippen LogP contribution in [-0.2, 0) is 6.54 Å². The molecule has 0 aliphatic heterocycles. The number of carbonyl (C=O) groups is 1. The molecule has 0 radical (unpaired) electrons. The van der Waals surface area contributed by atoms with Gasteiger partial charge >= 0.3 is 6.61 Å². The number of nitrogens with zero attached hydrogens (tertiary/aromatic N) is 2. The molecule has 1 N–H and O–H groups in total. The molecule has 2 aromatic rings. The lowest BCUT2D eigenvalue weighted by Crippen LogP contribution is -2.23. The highest BCUT2D eigenvalue weighted by molar-refractivity contribution is 5.93. The molecule has 2 rings (SSSR count). The Balaban J connectivity index is 1.96. The molecule has 1 amide bonds. The van der Waals surface area contributed by atoms with Crippen molar-refractivity contribution in [1.82, 2.24) is 15.3 Å². The van der Waals surface area contributed by atoms with Gasteiger partial charge < -0.3 is 10.1 Å². The highest BCUT2D eigenvalue weighted by Crippen LogP contribution is 2.11. The van der Waals surface area contributed by atoms with Gasteiger partial charge in [-0.05, 0) is 30.2 Å². The van der Waals surface area contributed by atoms with Crippen molar-refractivity contribution in [3.63, 3.8) is 0 Å². The molecule has 0 fully saturated rings. The number of aryl methyl sites for hydroxylation is 1. The average molecular weight is 293 g/mol. The first-order valence-electron chi connectivity index (χ1n) is 6.15. The molecule has 0 saturated heterocycles. The summed E-state index contributed by atoms with van der Waals surface area (Å²) in [6, 6.07) is 4.44. The molecule has 0 spiro atoms. The molecular weight excluding hydrogens is 280 g/mol. The molecule has 0 aromatic carbocycles. The Hall–Kier alpha value is -2.57. The fourth-order valence-corrected chi connectivity index (χ4v) is 1.63. The SMILES string of the molecule is Cc1ccncc1CNC(=O)c1ccc(OC(F)F)nc1. The van der Waals surface area contributed by atoms with Gasteiger partial charge in [0, 0.05) is 31.2 Å². The zero-order valence-corrected chi connectivity index (χ0v) is 11.2. The molecule has 5 nitrogen and oxygen atoms in total. The second-order valence-corrected chi connectivity index (χ2v) is 4.25. The second kappa shape index (κ2) is 6.74. The lowest BCUT2D eigenvalue weighted by atomic mass is 10.1. The van der Waals surface area contributed by atoms with E-state index in [-0.39, 0.29) is 17.4 Å².